The van der Waals surface area contributed by atoms with E-state index in [4.69, 9.17) is 0 Å². The van der Waals surface area contributed by atoms with Crippen LogP contribution in [-0.4, -0.2) is 15.5 Å². The smallest absolute Gasteiger partial charge is 0.263 e. The molecule has 1 amide bonds. The Bertz CT molecular complexity index is 1050. The minimum absolute atomic E-state index is 0.0334. The number of amides is 1. The molecule has 0 radical (unpaired) electrons. The van der Waals surface area contributed by atoms with Gasteiger partial charge in [0, 0.05) is 15.0 Å². The van der Waals surface area contributed by atoms with Crippen molar-refractivity contribution < 1.29 is 4.79 Å². The molecule has 0 fully saturated rings. The van der Waals surface area contributed by atoms with Crippen molar-refractivity contribution in [3.05, 3.63) is 55.4 Å². The molecule has 7 heteroatoms. The van der Waals surface area contributed by atoms with Gasteiger partial charge in [0.1, 0.15) is 17.2 Å². The van der Waals surface area contributed by atoms with Crippen molar-refractivity contribution in [2.45, 2.75) is 39.2 Å². The zero-order chi connectivity index (χ0) is 18.3. The van der Waals surface area contributed by atoms with Crippen LogP contribution in [0.25, 0.3) is 10.2 Å². The first-order valence-corrected chi connectivity index (χ1v) is 10.2. The topological polar surface area (TPSA) is 64.0 Å². The number of nitrogens with one attached hydrogen (secondary N) is 1. The molecule has 0 atom stereocenters. The predicted octanol–water partition coefficient (Wildman–Crippen LogP) is 4.05. The molecule has 5 nitrogen and oxygen atoms in total. The number of thiophene rings is 1. The van der Waals surface area contributed by atoms with E-state index in [2.05, 4.69) is 26.2 Å². The number of hydrogen-bond acceptors (Lipinski definition) is 4. The third kappa shape index (κ3) is 3.21. The average molecular weight is 432 g/mol. The summed E-state index contributed by atoms with van der Waals surface area (Å²) in [6, 6.07) is 7.35. The van der Waals surface area contributed by atoms with Gasteiger partial charge >= 0.3 is 0 Å². The maximum Gasteiger partial charge on any atom is 0.263 e. The predicted molar refractivity (Wildman–Crippen MR) is 108 cm³/mol. The normalized spacial score (nSPS) is 13.6. The van der Waals surface area contributed by atoms with Crippen LogP contribution in [0.1, 0.15) is 29.1 Å². The monoisotopic (exact) mass is 431 g/mol. The fourth-order valence-electron chi connectivity index (χ4n) is 3.40. The lowest BCUT2D eigenvalue weighted by Crippen LogP contribution is -2.30. The van der Waals surface area contributed by atoms with Gasteiger partial charge in [0.25, 0.3) is 5.56 Å². The van der Waals surface area contributed by atoms with Crippen LogP contribution in [0.2, 0.25) is 0 Å². The van der Waals surface area contributed by atoms with Gasteiger partial charge in [0.15, 0.2) is 0 Å². The van der Waals surface area contributed by atoms with E-state index in [1.807, 2.05) is 24.3 Å². The van der Waals surface area contributed by atoms with E-state index >= 15 is 0 Å². The van der Waals surface area contributed by atoms with Crippen LogP contribution in [0.5, 0.6) is 0 Å². The lowest BCUT2D eigenvalue weighted by Gasteiger charge is -2.12. The van der Waals surface area contributed by atoms with E-state index in [9.17, 15) is 9.59 Å². The summed E-state index contributed by atoms with van der Waals surface area (Å²) in [5, 5.41) is 3.55. The largest absolute Gasteiger partial charge is 0.325 e. The summed E-state index contributed by atoms with van der Waals surface area (Å²) in [6.07, 6.45) is 4.23. The second-order valence-electron chi connectivity index (χ2n) is 6.50. The molecule has 1 aromatic carbocycles. The number of nitrogens with zero attached hydrogens (tertiary/aromatic N) is 2. The molecule has 0 saturated heterocycles. The minimum atomic E-state index is -0.234. The molecule has 2 aromatic heterocycles. The Morgan fingerprint density at radius 3 is 2.77 bits per heavy atom. The van der Waals surface area contributed by atoms with E-state index in [0.717, 1.165) is 34.1 Å². The van der Waals surface area contributed by atoms with Crippen LogP contribution < -0.4 is 10.9 Å². The summed E-state index contributed by atoms with van der Waals surface area (Å²) in [5.74, 6) is 0.342. The van der Waals surface area contributed by atoms with Crippen molar-refractivity contribution in [2.75, 3.05) is 5.32 Å². The fourth-order valence-corrected chi connectivity index (χ4v) is 4.97. The van der Waals surface area contributed by atoms with E-state index in [1.54, 1.807) is 18.3 Å². The Morgan fingerprint density at radius 2 is 2.00 bits per heavy atom. The molecule has 0 spiro atoms. The van der Waals surface area contributed by atoms with E-state index in [1.165, 1.54) is 15.9 Å². The maximum absolute atomic E-state index is 13.1. The Labute approximate surface area is 163 Å². The third-order valence-electron chi connectivity index (χ3n) is 4.70. The van der Waals surface area contributed by atoms with Crippen molar-refractivity contribution in [1.29, 1.82) is 0 Å². The summed E-state index contributed by atoms with van der Waals surface area (Å²) in [6.45, 7) is 1.75. The summed E-state index contributed by atoms with van der Waals surface area (Å²) in [4.78, 5) is 32.2. The number of hydrogen-bond donors (Lipinski definition) is 1. The van der Waals surface area contributed by atoms with Gasteiger partial charge in [-0.1, -0.05) is 15.9 Å². The van der Waals surface area contributed by atoms with Crippen LogP contribution in [0.4, 0.5) is 5.69 Å². The van der Waals surface area contributed by atoms with Gasteiger partial charge in [-0.05, 0) is 62.4 Å². The lowest BCUT2D eigenvalue weighted by molar-refractivity contribution is -0.116. The molecule has 0 aliphatic heterocycles. The van der Waals surface area contributed by atoms with Crippen LogP contribution in [0, 0.1) is 6.92 Å². The molecule has 1 aliphatic carbocycles. The van der Waals surface area contributed by atoms with E-state index < -0.39 is 0 Å². The minimum Gasteiger partial charge on any atom is -0.325 e. The van der Waals surface area contributed by atoms with Gasteiger partial charge in [0.2, 0.25) is 5.91 Å². The molecule has 134 valence electrons. The van der Waals surface area contributed by atoms with Crippen molar-refractivity contribution in [3.8, 4) is 0 Å². The summed E-state index contributed by atoms with van der Waals surface area (Å²) in [7, 11) is 0. The van der Waals surface area contributed by atoms with Crippen molar-refractivity contribution in [2.24, 2.45) is 0 Å². The first kappa shape index (κ1) is 17.4. The first-order valence-electron chi connectivity index (χ1n) is 8.60. The van der Waals surface area contributed by atoms with E-state index in [0.29, 0.717) is 16.9 Å². The zero-order valence-corrected chi connectivity index (χ0v) is 16.7. The summed E-state index contributed by atoms with van der Waals surface area (Å²) in [5.41, 5.74) is 1.75. The number of aromatic nitrogens is 2. The Kier molecular flexibility index (Phi) is 4.67. The quantitative estimate of drug-likeness (QED) is 0.680. The van der Waals surface area contributed by atoms with Crippen LogP contribution in [0.15, 0.2) is 33.5 Å². The fraction of sp³-hybridized carbons (Fsp3) is 0.316. The first-order chi connectivity index (χ1) is 12.5. The van der Waals surface area contributed by atoms with Gasteiger partial charge in [-0.3, -0.25) is 14.2 Å². The Morgan fingerprint density at radius 1 is 1.27 bits per heavy atom. The number of carbonyl (C=O) groups excluding carboxylic acids is 1. The Hall–Kier alpha value is -1.99. The number of benzene rings is 1. The van der Waals surface area contributed by atoms with Crippen molar-refractivity contribution >= 4 is 49.1 Å². The van der Waals surface area contributed by atoms with Gasteiger partial charge in [0.05, 0.1) is 5.39 Å². The molecule has 2 heterocycles. The molecule has 0 unspecified atom stereocenters. The number of carbonyl (C=O) groups is 1. The van der Waals surface area contributed by atoms with Gasteiger partial charge in [-0.15, -0.1) is 11.3 Å². The molecule has 0 bridgehead atoms. The summed E-state index contributed by atoms with van der Waals surface area (Å²) < 4.78 is 2.43. The number of anilines is 1. The molecule has 3 aromatic rings. The van der Waals surface area contributed by atoms with Crippen molar-refractivity contribution in [1.82, 2.24) is 9.55 Å². The number of aryl methyl sites for hydroxylation is 3. The van der Waals surface area contributed by atoms with Crippen LogP contribution in [-0.2, 0) is 24.2 Å². The second-order valence-corrected chi connectivity index (χ2v) is 8.50. The molecule has 26 heavy (non-hydrogen) atoms. The highest BCUT2D eigenvalue weighted by molar-refractivity contribution is 9.10. The molecular weight excluding hydrogens is 414 g/mol. The van der Waals surface area contributed by atoms with E-state index in [-0.39, 0.29) is 18.0 Å². The second kappa shape index (κ2) is 6.96. The number of rotatable bonds is 3. The number of fused-ring (bicyclic) bond motifs is 3. The highest BCUT2D eigenvalue weighted by atomic mass is 79.9. The third-order valence-corrected chi connectivity index (χ3v) is 6.41. The Balaban J connectivity index is 1.66. The molecule has 1 aliphatic rings. The molecule has 0 saturated carbocycles. The standard InChI is InChI=1S/C19H18BrN3O2S/c1-11-21-18-17(14-4-2-3-5-15(14)26-18)19(25)23(11)10-16(24)22-13-8-6-12(20)7-9-13/h6-9H,2-5,10H2,1H3,(H,22,24). The highest BCUT2D eigenvalue weighted by Gasteiger charge is 2.21. The van der Waals surface area contributed by atoms with Gasteiger partial charge in [-0.2, -0.15) is 0 Å². The van der Waals surface area contributed by atoms with Crippen LogP contribution >= 0.6 is 27.3 Å². The summed E-state index contributed by atoms with van der Waals surface area (Å²) >= 11 is 5.00. The SMILES string of the molecule is Cc1nc2sc3c(c2c(=O)n1CC(=O)Nc1ccc(Br)cc1)CCCC3. The van der Waals surface area contributed by atoms with Gasteiger partial charge in [-0.25, -0.2) is 4.98 Å². The zero-order valence-electron chi connectivity index (χ0n) is 14.3. The lowest BCUT2D eigenvalue weighted by atomic mass is 9.97. The van der Waals surface area contributed by atoms with Crippen LogP contribution in [0.3, 0.4) is 0 Å². The molecule has 1 N–H and O–H groups in total. The molecular formula is C19H18BrN3O2S. The van der Waals surface area contributed by atoms with Crippen molar-refractivity contribution in [3.63, 3.8) is 0 Å². The average Bonchev–Trinajstić information content (AvgIpc) is 2.98. The molecule has 4 rings (SSSR count). The highest BCUT2D eigenvalue weighted by Crippen LogP contribution is 2.33. The number of halogens is 1. The van der Waals surface area contributed by atoms with Gasteiger partial charge < -0.3 is 5.32 Å². The maximum atomic E-state index is 13.1.